The third-order valence-electron chi connectivity index (χ3n) is 3.86. The maximum Gasteiger partial charge on any atom is 0.306 e. The fourth-order valence-corrected chi connectivity index (χ4v) is 2.40. The second kappa shape index (κ2) is 11.1. The van der Waals surface area contributed by atoms with E-state index in [1.165, 1.54) is 31.4 Å². The normalized spacial score (nSPS) is 10.0. The maximum absolute atomic E-state index is 11.9. The second-order valence-electron chi connectivity index (χ2n) is 6.15. The highest BCUT2D eigenvalue weighted by atomic mass is 16.6. The number of hydrogen-bond donors (Lipinski definition) is 2. The van der Waals surface area contributed by atoms with Gasteiger partial charge < -0.3 is 20.1 Å². The number of esters is 1. The number of nitrogens with one attached hydrogen (secondary N) is 2. The first kappa shape index (κ1) is 22.3. The minimum absolute atomic E-state index is 0.0277. The van der Waals surface area contributed by atoms with Gasteiger partial charge in [-0.3, -0.25) is 24.5 Å². The molecule has 0 atom stereocenters. The van der Waals surface area contributed by atoms with Gasteiger partial charge in [-0.25, -0.2) is 0 Å². The summed E-state index contributed by atoms with van der Waals surface area (Å²) in [5.74, 6) is -0.851. The molecule has 0 aliphatic rings. The van der Waals surface area contributed by atoms with E-state index < -0.39 is 23.4 Å². The van der Waals surface area contributed by atoms with Crippen LogP contribution >= 0.6 is 0 Å². The highest BCUT2D eigenvalue weighted by Gasteiger charge is 2.11. The van der Waals surface area contributed by atoms with Crippen molar-refractivity contribution in [1.29, 1.82) is 0 Å². The van der Waals surface area contributed by atoms with Crippen LogP contribution in [0.3, 0.4) is 0 Å². The van der Waals surface area contributed by atoms with E-state index in [-0.39, 0.29) is 30.9 Å². The van der Waals surface area contributed by atoms with E-state index in [1.54, 1.807) is 24.3 Å². The first-order valence-electron chi connectivity index (χ1n) is 9.01. The molecule has 0 fully saturated rings. The molecule has 0 aliphatic heterocycles. The molecule has 10 nitrogen and oxygen atoms in total. The molecule has 0 spiro atoms. The lowest BCUT2D eigenvalue weighted by atomic mass is 10.2. The number of nitro groups is 1. The number of non-ortho nitro benzene ring substituents is 1. The van der Waals surface area contributed by atoms with Crippen molar-refractivity contribution < 1.29 is 28.8 Å². The van der Waals surface area contributed by atoms with Gasteiger partial charge in [0.1, 0.15) is 5.75 Å². The fourth-order valence-electron chi connectivity index (χ4n) is 2.40. The lowest BCUT2D eigenvalue weighted by Crippen LogP contribution is -2.21. The zero-order chi connectivity index (χ0) is 21.9. The number of nitrogens with zero attached hydrogens (tertiary/aromatic N) is 1. The summed E-state index contributed by atoms with van der Waals surface area (Å²) in [6, 6.07) is 12.1. The molecule has 2 aromatic rings. The number of rotatable bonds is 10. The van der Waals surface area contributed by atoms with Crippen molar-refractivity contribution in [2.45, 2.75) is 19.3 Å². The number of anilines is 2. The molecule has 0 saturated heterocycles. The highest BCUT2D eigenvalue weighted by Crippen LogP contribution is 2.17. The van der Waals surface area contributed by atoms with E-state index in [2.05, 4.69) is 10.6 Å². The van der Waals surface area contributed by atoms with E-state index in [4.69, 9.17) is 9.47 Å². The van der Waals surface area contributed by atoms with Crippen LogP contribution in [-0.4, -0.2) is 36.4 Å². The maximum atomic E-state index is 11.9. The molecule has 0 bridgehead atoms. The van der Waals surface area contributed by atoms with Crippen molar-refractivity contribution in [3.8, 4) is 5.75 Å². The molecule has 2 N–H and O–H groups in total. The highest BCUT2D eigenvalue weighted by molar-refractivity contribution is 5.93. The molecule has 0 saturated carbocycles. The Morgan fingerprint density at radius 3 is 2.33 bits per heavy atom. The molecule has 0 aliphatic carbocycles. The number of amides is 2. The number of ether oxygens (including phenoxy) is 2. The Bertz CT molecular complexity index is 913. The number of carbonyl (C=O) groups excluding carboxylic acids is 3. The van der Waals surface area contributed by atoms with E-state index in [0.717, 1.165) is 0 Å². The Kier molecular flexibility index (Phi) is 8.30. The van der Waals surface area contributed by atoms with Crippen LogP contribution in [-0.2, 0) is 19.1 Å². The van der Waals surface area contributed by atoms with Crippen LogP contribution in [0.5, 0.6) is 5.75 Å². The van der Waals surface area contributed by atoms with Crippen LogP contribution in [0.1, 0.15) is 19.3 Å². The summed E-state index contributed by atoms with van der Waals surface area (Å²) in [5, 5.41) is 15.8. The van der Waals surface area contributed by atoms with Gasteiger partial charge in [0.05, 0.1) is 12.0 Å². The SMILES string of the molecule is COc1cccc(NC(=O)COC(=O)CCCC(=O)Nc2ccc([N+](=O)[O-])cc2)c1. The summed E-state index contributed by atoms with van der Waals surface area (Å²) in [4.78, 5) is 45.5. The van der Waals surface area contributed by atoms with Crippen LogP contribution in [0.15, 0.2) is 48.5 Å². The van der Waals surface area contributed by atoms with Gasteiger partial charge in [-0.2, -0.15) is 0 Å². The summed E-state index contributed by atoms with van der Waals surface area (Å²) >= 11 is 0. The quantitative estimate of drug-likeness (QED) is 0.346. The molecule has 2 amide bonds. The third kappa shape index (κ3) is 7.58. The van der Waals surface area contributed by atoms with Gasteiger partial charge in [-0.1, -0.05) is 6.07 Å². The molecule has 10 heteroatoms. The predicted molar refractivity (Wildman–Crippen MR) is 108 cm³/mol. The monoisotopic (exact) mass is 415 g/mol. The van der Waals surface area contributed by atoms with Crippen molar-refractivity contribution in [2.75, 3.05) is 24.4 Å². The van der Waals surface area contributed by atoms with Gasteiger partial charge in [-0.15, -0.1) is 0 Å². The molecular weight excluding hydrogens is 394 g/mol. The molecule has 0 aromatic heterocycles. The van der Waals surface area contributed by atoms with Gasteiger partial charge in [0.2, 0.25) is 5.91 Å². The number of methoxy groups -OCH3 is 1. The first-order valence-corrected chi connectivity index (χ1v) is 9.01. The topological polar surface area (TPSA) is 137 Å². The van der Waals surface area contributed by atoms with Gasteiger partial charge in [0, 0.05) is 42.4 Å². The first-order chi connectivity index (χ1) is 14.4. The lowest BCUT2D eigenvalue weighted by Gasteiger charge is -2.08. The molecule has 0 radical (unpaired) electrons. The summed E-state index contributed by atoms with van der Waals surface area (Å²) in [6.45, 7) is -0.439. The van der Waals surface area contributed by atoms with Crippen molar-refractivity contribution in [3.05, 3.63) is 58.6 Å². The minimum Gasteiger partial charge on any atom is -0.497 e. The fraction of sp³-hybridized carbons (Fsp3) is 0.250. The average Bonchev–Trinajstić information content (AvgIpc) is 2.72. The molecule has 2 rings (SSSR count). The van der Waals surface area contributed by atoms with E-state index in [9.17, 15) is 24.5 Å². The zero-order valence-electron chi connectivity index (χ0n) is 16.3. The Hall–Kier alpha value is -3.95. The molecule has 2 aromatic carbocycles. The van der Waals surface area contributed by atoms with Crippen molar-refractivity contribution >= 4 is 34.8 Å². The number of hydrogen-bond acceptors (Lipinski definition) is 7. The van der Waals surface area contributed by atoms with E-state index in [0.29, 0.717) is 17.1 Å². The van der Waals surface area contributed by atoms with Gasteiger partial charge in [0.25, 0.3) is 11.6 Å². The van der Waals surface area contributed by atoms with Gasteiger partial charge >= 0.3 is 5.97 Å². The van der Waals surface area contributed by atoms with Crippen LogP contribution in [0.25, 0.3) is 0 Å². The molecular formula is C20H21N3O7. The number of nitro benzene ring substituents is 1. The predicted octanol–water partition coefficient (Wildman–Crippen LogP) is 2.89. The summed E-state index contributed by atoms with van der Waals surface area (Å²) in [7, 11) is 1.51. The van der Waals surface area contributed by atoms with Crippen LogP contribution in [0.2, 0.25) is 0 Å². The largest absolute Gasteiger partial charge is 0.497 e. The lowest BCUT2D eigenvalue weighted by molar-refractivity contribution is -0.384. The summed E-state index contributed by atoms with van der Waals surface area (Å²) in [5.41, 5.74) is 0.854. The Morgan fingerprint density at radius 2 is 1.67 bits per heavy atom. The minimum atomic E-state index is -0.598. The van der Waals surface area contributed by atoms with Crippen LogP contribution in [0.4, 0.5) is 17.1 Å². The van der Waals surface area contributed by atoms with Gasteiger partial charge in [0.15, 0.2) is 6.61 Å². The molecule has 30 heavy (non-hydrogen) atoms. The summed E-state index contributed by atoms with van der Waals surface area (Å²) in [6.07, 6.45) is 0.261. The van der Waals surface area contributed by atoms with E-state index >= 15 is 0 Å². The van der Waals surface area contributed by atoms with Crippen molar-refractivity contribution in [3.63, 3.8) is 0 Å². The Balaban J connectivity index is 1.64. The van der Waals surface area contributed by atoms with Crippen molar-refractivity contribution in [2.24, 2.45) is 0 Å². The molecule has 158 valence electrons. The molecule has 0 heterocycles. The second-order valence-corrected chi connectivity index (χ2v) is 6.15. The molecule has 0 unspecified atom stereocenters. The Morgan fingerprint density at radius 1 is 0.967 bits per heavy atom. The zero-order valence-corrected chi connectivity index (χ0v) is 16.3. The Labute approximate surface area is 172 Å². The smallest absolute Gasteiger partial charge is 0.306 e. The third-order valence-corrected chi connectivity index (χ3v) is 3.86. The van der Waals surface area contributed by atoms with Gasteiger partial charge in [-0.05, 0) is 30.7 Å². The average molecular weight is 415 g/mol. The number of carbonyl (C=O) groups is 3. The standard InChI is InChI=1S/C20H21N3O7/c1-29-17-5-2-4-15(12-17)22-19(25)13-30-20(26)7-3-6-18(24)21-14-8-10-16(11-9-14)23(27)28/h2,4-5,8-12H,3,6-7,13H2,1H3,(H,21,24)(H,22,25). The van der Waals surface area contributed by atoms with E-state index in [1.807, 2.05) is 0 Å². The van der Waals surface area contributed by atoms with Crippen LogP contribution in [0, 0.1) is 10.1 Å². The summed E-state index contributed by atoms with van der Waals surface area (Å²) < 4.78 is 9.94. The number of benzene rings is 2. The van der Waals surface area contributed by atoms with Crippen molar-refractivity contribution in [1.82, 2.24) is 0 Å². The van der Waals surface area contributed by atoms with Crippen LogP contribution < -0.4 is 15.4 Å².